The Morgan fingerprint density at radius 1 is 1.25 bits per heavy atom. The fourth-order valence-corrected chi connectivity index (χ4v) is 2.52. The average molecular weight is 355 g/mol. The van der Waals surface area contributed by atoms with E-state index in [9.17, 15) is 0 Å². The lowest BCUT2D eigenvalue weighted by atomic mass is 10.2. The van der Waals surface area contributed by atoms with Crippen LogP contribution in [-0.4, -0.2) is 19.1 Å². The van der Waals surface area contributed by atoms with Crippen molar-refractivity contribution >= 4 is 33.3 Å². The molecule has 1 aromatic carbocycles. The van der Waals surface area contributed by atoms with Crippen LogP contribution in [0.4, 0.5) is 5.82 Å². The van der Waals surface area contributed by atoms with E-state index in [0.29, 0.717) is 11.6 Å². The summed E-state index contributed by atoms with van der Waals surface area (Å²) in [6, 6.07) is 12.0. The second kappa shape index (κ2) is 7.07. The lowest BCUT2D eigenvalue weighted by molar-refractivity contribution is 0.783. The molecule has 1 heterocycles. The fourth-order valence-electron chi connectivity index (χ4n) is 1.94. The van der Waals surface area contributed by atoms with E-state index in [1.807, 2.05) is 44.4 Å². The van der Waals surface area contributed by atoms with Gasteiger partial charge < -0.3 is 10.2 Å². The molecule has 3 nitrogen and oxygen atoms in total. The Bertz CT molecular complexity index is 589. The molecule has 0 fully saturated rings. The van der Waals surface area contributed by atoms with Gasteiger partial charge in [-0.15, -0.1) is 0 Å². The van der Waals surface area contributed by atoms with E-state index in [-0.39, 0.29) is 0 Å². The van der Waals surface area contributed by atoms with Crippen molar-refractivity contribution in [2.24, 2.45) is 0 Å². The zero-order valence-electron chi connectivity index (χ0n) is 11.5. The first-order valence-corrected chi connectivity index (χ1v) is 7.53. The second-order valence-electron chi connectivity index (χ2n) is 4.58. The van der Waals surface area contributed by atoms with Gasteiger partial charge in [-0.1, -0.05) is 45.7 Å². The Morgan fingerprint density at radius 2 is 2.00 bits per heavy atom. The first kappa shape index (κ1) is 15.3. The molecule has 0 saturated carbocycles. The molecule has 0 aliphatic heterocycles. The Balaban J connectivity index is 2.19. The highest BCUT2D eigenvalue weighted by molar-refractivity contribution is 9.10. The summed E-state index contributed by atoms with van der Waals surface area (Å²) < 4.78 is 1.11. The molecule has 0 aliphatic carbocycles. The van der Waals surface area contributed by atoms with Gasteiger partial charge >= 0.3 is 0 Å². The highest BCUT2D eigenvalue weighted by Crippen LogP contribution is 2.22. The van der Waals surface area contributed by atoms with Crippen LogP contribution in [0.1, 0.15) is 11.3 Å². The van der Waals surface area contributed by atoms with E-state index in [0.717, 1.165) is 22.5 Å². The number of hydrogen-bond acceptors (Lipinski definition) is 3. The van der Waals surface area contributed by atoms with E-state index in [2.05, 4.69) is 37.2 Å². The molecule has 0 aliphatic rings. The molecule has 0 saturated heterocycles. The molecule has 1 aromatic heterocycles. The molecule has 5 heteroatoms. The normalized spacial score (nSPS) is 10.6. The molecule has 0 bridgehead atoms. The number of pyridine rings is 1. The topological polar surface area (TPSA) is 28.2 Å². The van der Waals surface area contributed by atoms with Gasteiger partial charge in [-0.3, -0.25) is 0 Å². The number of aromatic nitrogens is 1. The lowest BCUT2D eigenvalue weighted by Crippen LogP contribution is -2.19. The SMILES string of the molecule is CNCc1nc(N(C)Cc2ccccc2Br)ccc1Cl. The molecule has 1 N–H and O–H groups in total. The Morgan fingerprint density at radius 3 is 2.70 bits per heavy atom. The first-order valence-electron chi connectivity index (χ1n) is 6.36. The highest BCUT2D eigenvalue weighted by Gasteiger charge is 2.09. The van der Waals surface area contributed by atoms with E-state index in [1.54, 1.807) is 0 Å². The van der Waals surface area contributed by atoms with Crippen molar-refractivity contribution in [3.8, 4) is 0 Å². The van der Waals surface area contributed by atoms with E-state index < -0.39 is 0 Å². The third-order valence-electron chi connectivity index (χ3n) is 3.00. The van der Waals surface area contributed by atoms with Crippen molar-refractivity contribution in [2.75, 3.05) is 19.0 Å². The summed E-state index contributed by atoms with van der Waals surface area (Å²) in [7, 11) is 3.91. The van der Waals surface area contributed by atoms with Crippen molar-refractivity contribution in [1.29, 1.82) is 0 Å². The van der Waals surface area contributed by atoms with Gasteiger partial charge in [-0.25, -0.2) is 4.98 Å². The van der Waals surface area contributed by atoms with Crippen LogP contribution in [0.25, 0.3) is 0 Å². The number of halogens is 2. The smallest absolute Gasteiger partial charge is 0.129 e. The maximum absolute atomic E-state index is 6.14. The molecule has 0 radical (unpaired) electrons. The largest absolute Gasteiger partial charge is 0.355 e. The molecule has 2 rings (SSSR count). The fraction of sp³-hybridized carbons (Fsp3) is 0.267. The van der Waals surface area contributed by atoms with Gasteiger partial charge in [-0.2, -0.15) is 0 Å². The van der Waals surface area contributed by atoms with Crippen molar-refractivity contribution in [3.05, 3.63) is 57.2 Å². The minimum Gasteiger partial charge on any atom is -0.355 e. The predicted molar refractivity (Wildman–Crippen MR) is 88.3 cm³/mol. The molecule has 0 atom stereocenters. The minimum absolute atomic E-state index is 0.662. The summed E-state index contributed by atoms with van der Waals surface area (Å²) in [5.74, 6) is 0.912. The van der Waals surface area contributed by atoms with Gasteiger partial charge in [0.25, 0.3) is 0 Å². The second-order valence-corrected chi connectivity index (χ2v) is 5.84. The van der Waals surface area contributed by atoms with E-state index >= 15 is 0 Å². The van der Waals surface area contributed by atoms with Crippen molar-refractivity contribution < 1.29 is 0 Å². The number of anilines is 1. The maximum atomic E-state index is 6.14. The van der Waals surface area contributed by atoms with Crippen LogP contribution < -0.4 is 10.2 Å². The van der Waals surface area contributed by atoms with Gasteiger partial charge in [0.15, 0.2) is 0 Å². The molecule has 0 amide bonds. The zero-order chi connectivity index (χ0) is 14.5. The summed E-state index contributed by atoms with van der Waals surface area (Å²) in [4.78, 5) is 6.71. The molecule has 0 unspecified atom stereocenters. The molecule has 0 spiro atoms. The van der Waals surface area contributed by atoms with Crippen LogP contribution in [0.2, 0.25) is 5.02 Å². The van der Waals surface area contributed by atoms with Crippen LogP contribution >= 0.6 is 27.5 Å². The van der Waals surface area contributed by atoms with Gasteiger partial charge in [0.1, 0.15) is 5.82 Å². The minimum atomic E-state index is 0.662. The average Bonchev–Trinajstić information content (AvgIpc) is 2.44. The van der Waals surface area contributed by atoms with Gasteiger partial charge in [-0.05, 0) is 30.8 Å². The molecule has 106 valence electrons. The van der Waals surface area contributed by atoms with Crippen LogP contribution in [-0.2, 0) is 13.1 Å². The number of nitrogens with one attached hydrogen (secondary N) is 1. The first-order chi connectivity index (χ1) is 9.61. The quantitative estimate of drug-likeness (QED) is 0.884. The Hall–Kier alpha value is -1.10. The van der Waals surface area contributed by atoms with Gasteiger partial charge in [0.2, 0.25) is 0 Å². The van der Waals surface area contributed by atoms with Crippen molar-refractivity contribution in [3.63, 3.8) is 0 Å². The highest BCUT2D eigenvalue weighted by atomic mass is 79.9. The van der Waals surface area contributed by atoms with Crippen molar-refractivity contribution in [2.45, 2.75) is 13.1 Å². The predicted octanol–water partition coefficient (Wildman–Crippen LogP) is 3.85. The molecular formula is C15H17BrClN3. The monoisotopic (exact) mass is 353 g/mol. The summed E-state index contributed by atoms with van der Waals surface area (Å²) in [5.41, 5.74) is 2.09. The third kappa shape index (κ3) is 3.72. The van der Waals surface area contributed by atoms with Crippen LogP contribution in [0, 0.1) is 0 Å². The summed E-state index contributed by atoms with van der Waals surface area (Å²) in [6.45, 7) is 1.45. The Kier molecular flexibility index (Phi) is 5.40. The molecular weight excluding hydrogens is 338 g/mol. The summed E-state index contributed by atoms with van der Waals surface area (Å²) in [6.07, 6.45) is 0. The van der Waals surface area contributed by atoms with E-state index in [1.165, 1.54) is 5.56 Å². The van der Waals surface area contributed by atoms with Crippen LogP contribution in [0.15, 0.2) is 40.9 Å². The number of hydrogen-bond donors (Lipinski definition) is 1. The van der Waals surface area contributed by atoms with Gasteiger partial charge in [0.05, 0.1) is 10.7 Å². The Labute approximate surface area is 133 Å². The zero-order valence-corrected chi connectivity index (χ0v) is 13.9. The van der Waals surface area contributed by atoms with Crippen LogP contribution in [0.3, 0.4) is 0 Å². The van der Waals surface area contributed by atoms with Gasteiger partial charge in [0, 0.05) is 24.6 Å². The molecule has 2 aromatic rings. The summed E-state index contributed by atoms with van der Waals surface area (Å²) in [5, 5.41) is 3.77. The standard InChI is InChI=1S/C15H17BrClN3/c1-18-9-14-13(17)7-8-15(19-14)20(2)10-11-5-3-4-6-12(11)16/h3-8,18H,9-10H2,1-2H3. The van der Waals surface area contributed by atoms with Crippen LogP contribution in [0.5, 0.6) is 0 Å². The van der Waals surface area contributed by atoms with E-state index in [4.69, 9.17) is 11.6 Å². The number of benzene rings is 1. The van der Waals surface area contributed by atoms with Crippen molar-refractivity contribution in [1.82, 2.24) is 10.3 Å². The maximum Gasteiger partial charge on any atom is 0.129 e. The lowest BCUT2D eigenvalue weighted by Gasteiger charge is -2.20. The molecule has 20 heavy (non-hydrogen) atoms. The number of rotatable bonds is 5. The summed E-state index contributed by atoms with van der Waals surface area (Å²) >= 11 is 9.71. The number of nitrogens with zero attached hydrogens (tertiary/aromatic N) is 2. The third-order valence-corrected chi connectivity index (χ3v) is 4.12.